The van der Waals surface area contributed by atoms with E-state index in [-0.39, 0.29) is 30.4 Å². The number of aromatic amines is 1. The minimum absolute atomic E-state index is 0.0726. The standard InChI is InChI=1S/C17H17F2N5O3/c1-9(25)20-5-12-7-24(17(26)27-12)11-2-13(18)16(14(19)3-11)23-6-10-4-21-22-15(10)8-23/h2-4,12H,5-8H2,1H3,(H,20,25)(H,21,22). The number of nitrogens with zero attached hydrogens (tertiary/aromatic N) is 3. The molecule has 2 aromatic rings. The maximum atomic E-state index is 14.7. The van der Waals surface area contributed by atoms with E-state index in [4.69, 9.17) is 4.74 Å². The molecule has 142 valence electrons. The van der Waals surface area contributed by atoms with Gasteiger partial charge < -0.3 is 15.0 Å². The second-order valence-corrected chi connectivity index (χ2v) is 6.54. The Bertz CT molecular complexity index is 872. The molecule has 2 amide bonds. The van der Waals surface area contributed by atoms with E-state index in [0.29, 0.717) is 13.1 Å². The average Bonchev–Trinajstić information content (AvgIpc) is 3.26. The Morgan fingerprint density at radius 3 is 2.78 bits per heavy atom. The molecule has 10 heteroatoms. The van der Waals surface area contributed by atoms with Gasteiger partial charge in [0.05, 0.1) is 37.2 Å². The number of aromatic nitrogens is 2. The first-order valence-corrected chi connectivity index (χ1v) is 8.40. The van der Waals surface area contributed by atoms with Crippen LogP contribution in [0, 0.1) is 11.6 Å². The van der Waals surface area contributed by atoms with Gasteiger partial charge >= 0.3 is 6.09 Å². The van der Waals surface area contributed by atoms with Crippen molar-refractivity contribution in [1.82, 2.24) is 15.5 Å². The Morgan fingerprint density at radius 1 is 1.37 bits per heavy atom. The van der Waals surface area contributed by atoms with Crippen molar-refractivity contribution in [2.75, 3.05) is 22.9 Å². The molecule has 4 rings (SSSR count). The lowest BCUT2D eigenvalue weighted by Crippen LogP contribution is -2.33. The van der Waals surface area contributed by atoms with Crippen molar-refractivity contribution >= 4 is 23.4 Å². The molecular weight excluding hydrogens is 360 g/mol. The van der Waals surface area contributed by atoms with Crippen LogP contribution in [0.5, 0.6) is 0 Å². The van der Waals surface area contributed by atoms with Crippen LogP contribution >= 0.6 is 0 Å². The Morgan fingerprint density at radius 2 is 2.11 bits per heavy atom. The molecule has 27 heavy (non-hydrogen) atoms. The van der Waals surface area contributed by atoms with Crippen molar-refractivity contribution in [2.24, 2.45) is 0 Å². The summed E-state index contributed by atoms with van der Waals surface area (Å²) in [4.78, 5) is 25.7. The molecule has 1 saturated heterocycles. The van der Waals surface area contributed by atoms with Crippen LogP contribution in [0.2, 0.25) is 0 Å². The largest absolute Gasteiger partial charge is 0.442 e. The number of carbonyl (C=O) groups excluding carboxylic acids is 2. The van der Waals surface area contributed by atoms with E-state index in [1.54, 1.807) is 11.1 Å². The Hall–Kier alpha value is -3.17. The number of ether oxygens (including phenoxy) is 1. The highest BCUT2D eigenvalue weighted by atomic mass is 19.1. The smallest absolute Gasteiger partial charge is 0.414 e. The molecule has 1 fully saturated rings. The van der Waals surface area contributed by atoms with Gasteiger partial charge in [-0.1, -0.05) is 0 Å². The van der Waals surface area contributed by atoms with Gasteiger partial charge in [0.25, 0.3) is 0 Å². The Balaban J connectivity index is 1.53. The first kappa shape index (κ1) is 17.3. The van der Waals surface area contributed by atoms with Gasteiger partial charge in [-0.2, -0.15) is 5.10 Å². The molecule has 2 aliphatic rings. The molecule has 0 saturated carbocycles. The van der Waals surface area contributed by atoms with Crippen LogP contribution in [0.1, 0.15) is 18.2 Å². The zero-order valence-corrected chi connectivity index (χ0v) is 14.5. The predicted octanol–water partition coefficient (Wildman–Crippen LogP) is 1.67. The molecule has 3 heterocycles. The molecule has 1 unspecified atom stereocenters. The molecule has 0 spiro atoms. The summed E-state index contributed by atoms with van der Waals surface area (Å²) < 4.78 is 34.5. The molecule has 8 nitrogen and oxygen atoms in total. The van der Waals surface area contributed by atoms with Gasteiger partial charge in [0, 0.05) is 31.2 Å². The number of hydrogen-bond donors (Lipinski definition) is 2. The number of carbonyl (C=O) groups is 2. The quantitative estimate of drug-likeness (QED) is 0.846. The molecular formula is C17H17F2N5O3. The number of anilines is 2. The van der Waals surface area contributed by atoms with E-state index in [0.717, 1.165) is 28.3 Å². The zero-order chi connectivity index (χ0) is 19.1. The van der Waals surface area contributed by atoms with E-state index in [9.17, 15) is 18.4 Å². The number of hydrogen-bond acceptors (Lipinski definition) is 5. The monoisotopic (exact) mass is 377 g/mol. The van der Waals surface area contributed by atoms with Crippen molar-refractivity contribution in [3.8, 4) is 0 Å². The maximum Gasteiger partial charge on any atom is 0.414 e. The van der Waals surface area contributed by atoms with E-state index < -0.39 is 23.8 Å². The predicted molar refractivity (Wildman–Crippen MR) is 91.1 cm³/mol. The number of amides is 2. The minimum atomic E-state index is -0.763. The van der Waals surface area contributed by atoms with Crippen LogP contribution in [-0.2, 0) is 22.6 Å². The van der Waals surface area contributed by atoms with Gasteiger partial charge in [-0.25, -0.2) is 13.6 Å². The second-order valence-electron chi connectivity index (χ2n) is 6.54. The van der Waals surface area contributed by atoms with E-state index in [1.165, 1.54) is 6.92 Å². The highest BCUT2D eigenvalue weighted by molar-refractivity contribution is 5.90. The molecule has 0 radical (unpaired) electrons. The van der Waals surface area contributed by atoms with Gasteiger partial charge in [-0.3, -0.25) is 14.8 Å². The van der Waals surface area contributed by atoms with Gasteiger partial charge in [0.2, 0.25) is 5.91 Å². The van der Waals surface area contributed by atoms with Crippen LogP contribution in [0.3, 0.4) is 0 Å². The third-order valence-electron chi connectivity index (χ3n) is 4.60. The maximum absolute atomic E-state index is 14.7. The van der Waals surface area contributed by atoms with Crippen molar-refractivity contribution in [2.45, 2.75) is 26.1 Å². The van der Waals surface area contributed by atoms with Crippen LogP contribution in [0.25, 0.3) is 0 Å². The fourth-order valence-corrected chi connectivity index (χ4v) is 3.33. The van der Waals surface area contributed by atoms with Crippen LogP contribution in [-0.4, -0.2) is 41.4 Å². The zero-order valence-electron chi connectivity index (χ0n) is 14.5. The summed E-state index contributed by atoms with van der Waals surface area (Å²) in [6.45, 7) is 2.26. The van der Waals surface area contributed by atoms with E-state index >= 15 is 0 Å². The van der Waals surface area contributed by atoms with Crippen molar-refractivity contribution in [3.05, 3.63) is 41.2 Å². The summed E-state index contributed by atoms with van der Waals surface area (Å²) in [5.74, 6) is -1.78. The molecule has 2 aliphatic heterocycles. The van der Waals surface area contributed by atoms with Gasteiger partial charge in [-0.15, -0.1) is 0 Å². The third-order valence-corrected chi connectivity index (χ3v) is 4.60. The highest BCUT2D eigenvalue weighted by Crippen LogP contribution is 2.34. The first-order chi connectivity index (χ1) is 12.9. The number of benzene rings is 1. The number of H-pyrrole nitrogens is 1. The summed E-state index contributed by atoms with van der Waals surface area (Å²) in [6, 6.07) is 2.23. The summed E-state index contributed by atoms with van der Waals surface area (Å²) in [7, 11) is 0. The lowest BCUT2D eigenvalue weighted by molar-refractivity contribution is -0.119. The van der Waals surface area contributed by atoms with Gasteiger partial charge in [0.1, 0.15) is 11.8 Å². The Kier molecular flexibility index (Phi) is 4.17. The fraction of sp³-hybridized carbons (Fsp3) is 0.353. The SMILES string of the molecule is CC(=O)NCC1CN(c2cc(F)c(N3Cc4cn[nH]c4C3)c(F)c2)C(=O)O1. The molecule has 0 aliphatic carbocycles. The second kappa shape index (κ2) is 6.53. The Labute approximate surface area is 153 Å². The topological polar surface area (TPSA) is 90.6 Å². The summed E-state index contributed by atoms with van der Waals surface area (Å²) in [5, 5.41) is 9.26. The number of nitrogens with one attached hydrogen (secondary N) is 2. The lowest BCUT2D eigenvalue weighted by atomic mass is 10.2. The van der Waals surface area contributed by atoms with Gasteiger partial charge in [-0.05, 0) is 0 Å². The molecule has 1 aromatic carbocycles. The number of rotatable bonds is 4. The van der Waals surface area contributed by atoms with E-state index in [1.807, 2.05) is 0 Å². The van der Waals surface area contributed by atoms with Crippen molar-refractivity contribution in [1.29, 1.82) is 0 Å². The minimum Gasteiger partial charge on any atom is -0.442 e. The molecule has 1 aromatic heterocycles. The average molecular weight is 377 g/mol. The fourth-order valence-electron chi connectivity index (χ4n) is 3.33. The number of cyclic esters (lactones) is 1. The van der Waals surface area contributed by atoms with Crippen molar-refractivity contribution < 1.29 is 23.1 Å². The molecule has 0 bridgehead atoms. The summed E-state index contributed by atoms with van der Waals surface area (Å²) in [6.07, 6.45) is 0.344. The number of halogens is 2. The van der Waals surface area contributed by atoms with Crippen LogP contribution < -0.4 is 15.1 Å². The summed E-state index contributed by atoms with van der Waals surface area (Å²) in [5.41, 5.74) is 1.64. The molecule has 2 N–H and O–H groups in total. The molecule has 1 atom stereocenters. The number of fused-ring (bicyclic) bond motifs is 1. The van der Waals surface area contributed by atoms with Crippen LogP contribution in [0.15, 0.2) is 18.3 Å². The van der Waals surface area contributed by atoms with E-state index in [2.05, 4.69) is 15.5 Å². The van der Waals surface area contributed by atoms with Crippen molar-refractivity contribution in [3.63, 3.8) is 0 Å². The normalized spacial score (nSPS) is 18.6. The summed E-state index contributed by atoms with van der Waals surface area (Å²) >= 11 is 0. The lowest BCUT2D eigenvalue weighted by Gasteiger charge is -2.21. The van der Waals surface area contributed by atoms with Crippen LogP contribution in [0.4, 0.5) is 25.0 Å². The van der Waals surface area contributed by atoms with Gasteiger partial charge in [0.15, 0.2) is 11.6 Å². The highest BCUT2D eigenvalue weighted by Gasteiger charge is 2.34. The third kappa shape index (κ3) is 3.18. The first-order valence-electron chi connectivity index (χ1n) is 8.40.